The second-order valence-corrected chi connectivity index (χ2v) is 9.78. The van der Waals surface area contributed by atoms with Crippen molar-refractivity contribution in [2.75, 3.05) is 6.54 Å². The van der Waals surface area contributed by atoms with Crippen LogP contribution < -0.4 is 16.1 Å². The lowest BCUT2D eigenvalue weighted by Gasteiger charge is -2.26. The Hall–Kier alpha value is -3.62. The summed E-state index contributed by atoms with van der Waals surface area (Å²) in [6.45, 7) is 4.81. The van der Waals surface area contributed by atoms with E-state index in [-0.39, 0.29) is 18.9 Å². The van der Waals surface area contributed by atoms with Gasteiger partial charge in [-0.15, -0.1) is 0 Å². The lowest BCUT2D eigenvalue weighted by atomic mass is 9.99. The number of aliphatic hydroxyl groups is 1. The molecule has 1 aliphatic heterocycles. The minimum atomic E-state index is -1.00. The molecule has 1 heterocycles. The molecule has 8 heteroatoms. The van der Waals surface area contributed by atoms with Crippen LogP contribution in [0.1, 0.15) is 41.2 Å². The zero-order valence-electron chi connectivity index (χ0n) is 21.7. The minimum Gasteiger partial charge on any atom is -0.390 e. The molecule has 0 saturated carbocycles. The fourth-order valence-electron chi connectivity index (χ4n) is 4.54. The summed E-state index contributed by atoms with van der Waals surface area (Å²) in [7, 11) is 0. The van der Waals surface area contributed by atoms with Crippen molar-refractivity contribution in [1.82, 2.24) is 16.1 Å². The highest BCUT2D eigenvalue weighted by Crippen LogP contribution is 2.16. The smallest absolute Gasteiger partial charge is 0.244 e. The number of halogens is 2. The van der Waals surface area contributed by atoms with Gasteiger partial charge in [0.1, 0.15) is 17.7 Å². The first kappa shape index (κ1) is 27.4. The van der Waals surface area contributed by atoms with Gasteiger partial charge in [0.05, 0.1) is 17.9 Å². The van der Waals surface area contributed by atoms with E-state index in [1.165, 1.54) is 17.7 Å². The van der Waals surface area contributed by atoms with Crippen LogP contribution in [-0.4, -0.2) is 41.5 Å². The summed E-state index contributed by atoms with van der Waals surface area (Å²) in [5.74, 6) is -1.75. The molecule has 4 rings (SSSR count). The largest absolute Gasteiger partial charge is 0.390 e. The van der Waals surface area contributed by atoms with Crippen molar-refractivity contribution in [3.63, 3.8) is 0 Å². The molecule has 200 valence electrons. The van der Waals surface area contributed by atoms with Gasteiger partial charge in [0.2, 0.25) is 5.91 Å². The zero-order valence-corrected chi connectivity index (χ0v) is 21.7. The molecule has 3 aromatic rings. The van der Waals surface area contributed by atoms with Gasteiger partial charge in [-0.2, -0.15) is 5.10 Å². The van der Waals surface area contributed by atoms with E-state index in [4.69, 9.17) is 0 Å². The molecule has 0 radical (unpaired) electrons. The van der Waals surface area contributed by atoms with E-state index in [2.05, 4.69) is 40.2 Å². The highest BCUT2D eigenvalue weighted by atomic mass is 19.1. The number of nitrogens with one attached hydrogen (secondary N) is 3. The number of hydrogen-bond donors (Lipinski definition) is 4. The van der Waals surface area contributed by atoms with Crippen molar-refractivity contribution >= 4 is 11.6 Å². The van der Waals surface area contributed by atoms with E-state index in [1.54, 1.807) is 0 Å². The molecular weight excluding hydrogens is 486 g/mol. The van der Waals surface area contributed by atoms with Crippen molar-refractivity contribution < 1.29 is 18.7 Å². The maximum Gasteiger partial charge on any atom is 0.244 e. The average molecular weight is 521 g/mol. The van der Waals surface area contributed by atoms with E-state index in [0.717, 1.165) is 34.9 Å². The number of benzene rings is 3. The summed E-state index contributed by atoms with van der Waals surface area (Å²) in [6, 6.07) is 17.9. The predicted octanol–water partition coefficient (Wildman–Crippen LogP) is 3.78. The molecule has 6 nitrogen and oxygen atoms in total. The summed E-state index contributed by atoms with van der Waals surface area (Å²) < 4.78 is 27.7. The SMILES string of the molecule is CCc1cccc(CNC[C@@H](O)[C@H](Cc2cc(F)cc(F)c2)NC(=O)C2CC(c3ccc(C)cc3)=NN2)c1. The molecular formula is C30H34F2N4O2. The van der Waals surface area contributed by atoms with Crippen LogP contribution in [-0.2, 0) is 24.2 Å². The summed E-state index contributed by atoms with van der Waals surface area (Å²) in [4.78, 5) is 13.2. The number of amides is 1. The van der Waals surface area contributed by atoms with Crippen molar-refractivity contribution in [2.45, 2.75) is 57.8 Å². The third kappa shape index (κ3) is 7.46. The standard InChI is InChI=1S/C30H34F2N4O2/c1-3-20-5-4-6-21(11-20)17-33-18-29(37)27(14-22-12-24(31)15-25(32)13-22)34-30(38)28-16-26(35-36-28)23-9-7-19(2)8-10-23/h4-13,15,27-29,33,36-37H,3,14,16-18H2,1-2H3,(H,34,38)/t27-,28?,29+/m0/s1. The Kier molecular flexibility index (Phi) is 9.20. The highest BCUT2D eigenvalue weighted by Gasteiger charge is 2.30. The fraction of sp³-hybridized carbons (Fsp3) is 0.333. The van der Waals surface area contributed by atoms with Gasteiger partial charge in [-0.3, -0.25) is 10.2 Å². The topological polar surface area (TPSA) is 85.8 Å². The zero-order chi connectivity index (χ0) is 27.1. The Morgan fingerprint density at radius 2 is 1.76 bits per heavy atom. The van der Waals surface area contributed by atoms with Gasteiger partial charge >= 0.3 is 0 Å². The molecule has 1 unspecified atom stereocenters. The second kappa shape index (κ2) is 12.8. The number of aryl methyl sites for hydroxylation is 2. The van der Waals surface area contributed by atoms with E-state index in [0.29, 0.717) is 18.5 Å². The summed E-state index contributed by atoms with van der Waals surface area (Å²) in [5.41, 5.74) is 8.36. The molecule has 1 aliphatic rings. The predicted molar refractivity (Wildman–Crippen MR) is 145 cm³/mol. The van der Waals surface area contributed by atoms with Crippen molar-refractivity contribution in [1.29, 1.82) is 0 Å². The number of rotatable bonds is 11. The Morgan fingerprint density at radius 1 is 1.05 bits per heavy atom. The number of hydrazone groups is 1. The molecule has 0 aliphatic carbocycles. The monoisotopic (exact) mass is 520 g/mol. The summed E-state index contributed by atoms with van der Waals surface area (Å²) in [6.07, 6.45) is 0.378. The van der Waals surface area contributed by atoms with Crippen LogP contribution in [0.3, 0.4) is 0 Å². The summed E-state index contributed by atoms with van der Waals surface area (Å²) in [5, 5.41) is 21.5. The van der Waals surface area contributed by atoms with Gasteiger partial charge in [-0.25, -0.2) is 8.78 Å². The molecule has 0 spiro atoms. The molecule has 0 bridgehead atoms. The Morgan fingerprint density at radius 3 is 2.47 bits per heavy atom. The third-order valence-electron chi connectivity index (χ3n) is 6.71. The maximum absolute atomic E-state index is 13.8. The van der Waals surface area contributed by atoms with Crippen LogP contribution in [0.2, 0.25) is 0 Å². The van der Waals surface area contributed by atoms with Gasteiger partial charge in [0, 0.05) is 25.6 Å². The molecule has 4 N–H and O–H groups in total. The molecule has 38 heavy (non-hydrogen) atoms. The first-order valence-electron chi connectivity index (χ1n) is 12.9. The van der Waals surface area contributed by atoms with Gasteiger partial charge in [-0.05, 0) is 54.2 Å². The maximum atomic E-state index is 13.8. The van der Waals surface area contributed by atoms with E-state index < -0.39 is 29.8 Å². The van der Waals surface area contributed by atoms with Crippen LogP contribution in [0.4, 0.5) is 8.78 Å². The van der Waals surface area contributed by atoms with Crippen molar-refractivity contribution in [3.8, 4) is 0 Å². The molecule has 3 atom stereocenters. The van der Waals surface area contributed by atoms with Gasteiger partial charge in [0.25, 0.3) is 0 Å². The normalized spacial score (nSPS) is 16.4. The van der Waals surface area contributed by atoms with Crippen LogP contribution in [0.5, 0.6) is 0 Å². The van der Waals surface area contributed by atoms with Crippen LogP contribution in [0, 0.1) is 18.6 Å². The lowest BCUT2D eigenvalue weighted by Crippen LogP contribution is -2.52. The highest BCUT2D eigenvalue weighted by molar-refractivity contribution is 6.04. The molecule has 0 fully saturated rings. The van der Waals surface area contributed by atoms with Gasteiger partial charge < -0.3 is 15.7 Å². The van der Waals surface area contributed by atoms with Crippen LogP contribution in [0.25, 0.3) is 0 Å². The van der Waals surface area contributed by atoms with Gasteiger partial charge in [-0.1, -0.05) is 61.0 Å². The lowest BCUT2D eigenvalue weighted by molar-refractivity contribution is -0.124. The first-order valence-corrected chi connectivity index (χ1v) is 12.9. The quantitative estimate of drug-likeness (QED) is 0.310. The number of carbonyl (C=O) groups excluding carboxylic acids is 1. The number of carbonyl (C=O) groups is 1. The first-order chi connectivity index (χ1) is 18.3. The van der Waals surface area contributed by atoms with Crippen molar-refractivity contribution in [3.05, 3.63) is 106 Å². The average Bonchev–Trinajstić information content (AvgIpc) is 3.39. The van der Waals surface area contributed by atoms with Crippen LogP contribution >= 0.6 is 0 Å². The van der Waals surface area contributed by atoms with E-state index >= 15 is 0 Å². The minimum absolute atomic E-state index is 0.0625. The number of nitrogens with zero attached hydrogens (tertiary/aromatic N) is 1. The third-order valence-corrected chi connectivity index (χ3v) is 6.71. The molecule has 0 saturated heterocycles. The van der Waals surface area contributed by atoms with E-state index in [9.17, 15) is 18.7 Å². The Balaban J connectivity index is 1.41. The second-order valence-electron chi connectivity index (χ2n) is 9.78. The van der Waals surface area contributed by atoms with E-state index in [1.807, 2.05) is 43.3 Å². The Labute approximate surface area is 222 Å². The molecule has 3 aromatic carbocycles. The molecule has 1 amide bonds. The van der Waals surface area contributed by atoms with Gasteiger partial charge in [0.15, 0.2) is 0 Å². The number of hydrogen-bond acceptors (Lipinski definition) is 5. The Bertz CT molecular complexity index is 1260. The number of aliphatic hydroxyl groups excluding tert-OH is 1. The summed E-state index contributed by atoms with van der Waals surface area (Å²) >= 11 is 0. The van der Waals surface area contributed by atoms with Crippen LogP contribution in [0.15, 0.2) is 71.8 Å². The van der Waals surface area contributed by atoms with Crippen molar-refractivity contribution in [2.24, 2.45) is 5.10 Å². The fourth-order valence-corrected chi connectivity index (χ4v) is 4.54. The molecule has 0 aromatic heterocycles.